The molecule has 0 unspecified atom stereocenters. The van der Waals surface area contributed by atoms with Crippen LogP contribution in [0.5, 0.6) is 0 Å². The second kappa shape index (κ2) is 5.75. The van der Waals surface area contributed by atoms with E-state index in [4.69, 9.17) is 16.3 Å². The maximum absolute atomic E-state index is 11.9. The molecule has 0 saturated carbocycles. The zero-order chi connectivity index (χ0) is 14.0. The van der Waals surface area contributed by atoms with E-state index in [1.165, 1.54) is 6.20 Å². The molecule has 100 valence electrons. The zero-order valence-corrected chi connectivity index (χ0v) is 12.8. The summed E-state index contributed by atoms with van der Waals surface area (Å²) >= 11 is 9.58. The molecule has 0 radical (unpaired) electrons. The average molecular weight is 344 g/mol. The molecular formula is C13H12BrClN2O2. The van der Waals surface area contributed by atoms with Gasteiger partial charge >= 0.3 is 5.97 Å². The van der Waals surface area contributed by atoms with Gasteiger partial charge in [-0.1, -0.05) is 27.5 Å². The molecule has 0 spiro atoms. The average Bonchev–Trinajstić information content (AvgIpc) is 2.41. The van der Waals surface area contributed by atoms with Gasteiger partial charge in [0.15, 0.2) is 0 Å². The largest absolute Gasteiger partial charge is 0.462 e. The fourth-order valence-corrected chi connectivity index (χ4v) is 2.58. The van der Waals surface area contributed by atoms with Crippen LogP contribution in [-0.4, -0.2) is 24.6 Å². The van der Waals surface area contributed by atoms with Crippen LogP contribution in [-0.2, 0) is 4.74 Å². The molecule has 1 aromatic heterocycles. The lowest BCUT2D eigenvalue weighted by atomic mass is 10.1. The van der Waals surface area contributed by atoms with E-state index in [0.29, 0.717) is 28.4 Å². The number of anilines is 1. The first-order valence-corrected chi connectivity index (χ1v) is 6.88. The lowest BCUT2D eigenvalue weighted by Gasteiger charge is -2.13. The Morgan fingerprint density at radius 3 is 2.89 bits per heavy atom. The molecule has 0 saturated heterocycles. The SMILES string of the molecule is CCOC(=O)c1cnc2c(Cl)ccc(Br)c2c1NC. The summed E-state index contributed by atoms with van der Waals surface area (Å²) in [6.45, 7) is 2.08. The van der Waals surface area contributed by atoms with Crippen molar-refractivity contribution in [3.05, 3.63) is 33.4 Å². The van der Waals surface area contributed by atoms with Crippen molar-refractivity contribution in [3.63, 3.8) is 0 Å². The summed E-state index contributed by atoms with van der Waals surface area (Å²) in [4.78, 5) is 16.2. The van der Waals surface area contributed by atoms with Crippen LogP contribution in [0.4, 0.5) is 5.69 Å². The van der Waals surface area contributed by atoms with Crippen LogP contribution in [0.15, 0.2) is 22.8 Å². The maximum Gasteiger partial charge on any atom is 0.341 e. The first kappa shape index (κ1) is 14.1. The monoisotopic (exact) mass is 342 g/mol. The van der Waals surface area contributed by atoms with Gasteiger partial charge in [-0.15, -0.1) is 0 Å². The Balaban J connectivity index is 2.76. The van der Waals surface area contributed by atoms with E-state index in [1.54, 1.807) is 20.0 Å². The molecule has 1 heterocycles. The highest BCUT2D eigenvalue weighted by atomic mass is 79.9. The third-order valence-electron chi connectivity index (χ3n) is 2.67. The highest BCUT2D eigenvalue weighted by Gasteiger charge is 2.18. The minimum atomic E-state index is -0.409. The van der Waals surface area contributed by atoms with E-state index >= 15 is 0 Å². The van der Waals surface area contributed by atoms with Gasteiger partial charge in [0, 0.05) is 23.1 Å². The predicted octanol–water partition coefficient (Wildman–Crippen LogP) is 3.87. The van der Waals surface area contributed by atoms with Crippen LogP contribution >= 0.6 is 27.5 Å². The number of ether oxygens (including phenoxy) is 1. The fraction of sp³-hybridized carbons (Fsp3) is 0.231. The summed E-state index contributed by atoms with van der Waals surface area (Å²) in [7, 11) is 1.74. The summed E-state index contributed by atoms with van der Waals surface area (Å²) in [5.74, 6) is -0.409. The summed E-state index contributed by atoms with van der Waals surface area (Å²) < 4.78 is 5.84. The lowest BCUT2D eigenvalue weighted by molar-refractivity contribution is 0.0527. The molecular weight excluding hydrogens is 332 g/mol. The Labute approximate surface area is 124 Å². The number of benzene rings is 1. The van der Waals surface area contributed by atoms with Crippen molar-refractivity contribution in [2.45, 2.75) is 6.92 Å². The molecule has 2 rings (SSSR count). The number of nitrogens with zero attached hydrogens (tertiary/aromatic N) is 1. The van der Waals surface area contributed by atoms with Crippen molar-refractivity contribution in [2.75, 3.05) is 19.0 Å². The van der Waals surface area contributed by atoms with Crippen molar-refractivity contribution in [1.82, 2.24) is 4.98 Å². The Kier molecular flexibility index (Phi) is 4.27. The molecule has 6 heteroatoms. The summed E-state index contributed by atoms with van der Waals surface area (Å²) in [5, 5.41) is 4.31. The number of rotatable bonds is 3. The van der Waals surface area contributed by atoms with Crippen LogP contribution in [0.3, 0.4) is 0 Å². The number of esters is 1. The molecule has 0 atom stereocenters. The third-order valence-corrected chi connectivity index (χ3v) is 3.63. The van der Waals surface area contributed by atoms with Gasteiger partial charge in [-0.05, 0) is 19.1 Å². The van der Waals surface area contributed by atoms with Crippen molar-refractivity contribution >= 4 is 50.1 Å². The molecule has 0 aliphatic heterocycles. The van der Waals surface area contributed by atoms with Crippen molar-refractivity contribution < 1.29 is 9.53 Å². The normalized spacial score (nSPS) is 10.5. The van der Waals surface area contributed by atoms with Crippen molar-refractivity contribution in [3.8, 4) is 0 Å². The zero-order valence-electron chi connectivity index (χ0n) is 10.5. The Morgan fingerprint density at radius 1 is 1.53 bits per heavy atom. The molecule has 0 fully saturated rings. The molecule has 0 aliphatic carbocycles. The second-order valence-electron chi connectivity index (χ2n) is 3.77. The number of pyridine rings is 1. The quantitative estimate of drug-likeness (QED) is 0.860. The number of fused-ring (bicyclic) bond motifs is 1. The van der Waals surface area contributed by atoms with Crippen LogP contribution in [0.1, 0.15) is 17.3 Å². The molecule has 4 nitrogen and oxygen atoms in total. The van der Waals surface area contributed by atoms with Gasteiger partial charge < -0.3 is 10.1 Å². The van der Waals surface area contributed by atoms with Crippen molar-refractivity contribution in [1.29, 1.82) is 0 Å². The fourth-order valence-electron chi connectivity index (χ4n) is 1.86. The molecule has 0 bridgehead atoms. The number of halogens is 2. The van der Waals surface area contributed by atoms with Gasteiger partial charge in [0.05, 0.1) is 22.8 Å². The van der Waals surface area contributed by atoms with E-state index in [1.807, 2.05) is 6.07 Å². The summed E-state index contributed by atoms with van der Waals surface area (Å²) in [6, 6.07) is 3.58. The molecule has 1 aromatic carbocycles. The van der Waals surface area contributed by atoms with Crippen LogP contribution in [0, 0.1) is 0 Å². The minimum absolute atomic E-state index is 0.316. The van der Waals surface area contributed by atoms with Gasteiger partial charge in [0.2, 0.25) is 0 Å². The topological polar surface area (TPSA) is 51.2 Å². The number of carbonyl (C=O) groups is 1. The maximum atomic E-state index is 11.9. The highest BCUT2D eigenvalue weighted by molar-refractivity contribution is 9.10. The Morgan fingerprint density at radius 2 is 2.26 bits per heavy atom. The van der Waals surface area contributed by atoms with Crippen LogP contribution in [0.25, 0.3) is 10.9 Å². The Bertz CT molecular complexity index is 646. The third kappa shape index (κ3) is 2.53. The number of hydrogen-bond acceptors (Lipinski definition) is 4. The predicted molar refractivity (Wildman–Crippen MR) is 80.0 cm³/mol. The molecule has 2 aromatic rings. The van der Waals surface area contributed by atoms with E-state index in [-0.39, 0.29) is 0 Å². The number of carbonyl (C=O) groups excluding carboxylic acids is 1. The first-order valence-electron chi connectivity index (χ1n) is 5.71. The van der Waals surface area contributed by atoms with Crippen LogP contribution < -0.4 is 5.32 Å². The molecule has 0 amide bonds. The smallest absolute Gasteiger partial charge is 0.341 e. The summed E-state index contributed by atoms with van der Waals surface area (Å²) in [6.07, 6.45) is 1.48. The molecule has 1 N–H and O–H groups in total. The van der Waals surface area contributed by atoms with E-state index in [9.17, 15) is 4.79 Å². The number of aromatic nitrogens is 1. The van der Waals surface area contributed by atoms with Gasteiger partial charge in [0.25, 0.3) is 0 Å². The van der Waals surface area contributed by atoms with Gasteiger partial charge in [-0.25, -0.2) is 4.79 Å². The van der Waals surface area contributed by atoms with Crippen molar-refractivity contribution in [2.24, 2.45) is 0 Å². The lowest BCUT2D eigenvalue weighted by Crippen LogP contribution is -2.09. The van der Waals surface area contributed by atoms with Crippen LogP contribution in [0.2, 0.25) is 5.02 Å². The summed E-state index contributed by atoms with van der Waals surface area (Å²) in [5.41, 5.74) is 1.67. The molecule has 0 aliphatic rings. The standard InChI is InChI=1S/C13H12BrClN2O2/c1-3-19-13(18)7-6-17-12-9(15)5-4-8(14)10(12)11(7)16-2/h4-6H,3H2,1-2H3,(H,16,17). The first-order chi connectivity index (χ1) is 9.10. The van der Waals surface area contributed by atoms with Gasteiger partial charge in [-0.3, -0.25) is 4.98 Å². The van der Waals surface area contributed by atoms with E-state index in [2.05, 4.69) is 26.2 Å². The number of nitrogens with one attached hydrogen (secondary N) is 1. The highest BCUT2D eigenvalue weighted by Crippen LogP contribution is 2.35. The second-order valence-corrected chi connectivity index (χ2v) is 5.03. The van der Waals surface area contributed by atoms with E-state index in [0.717, 1.165) is 9.86 Å². The van der Waals surface area contributed by atoms with Gasteiger partial charge in [0.1, 0.15) is 5.56 Å². The molecule has 19 heavy (non-hydrogen) atoms. The Hall–Kier alpha value is -1.33. The van der Waals surface area contributed by atoms with E-state index < -0.39 is 5.97 Å². The number of hydrogen-bond donors (Lipinski definition) is 1. The van der Waals surface area contributed by atoms with Gasteiger partial charge in [-0.2, -0.15) is 0 Å². The minimum Gasteiger partial charge on any atom is -0.462 e.